The maximum atomic E-state index is 13.3. The van der Waals surface area contributed by atoms with Crippen LogP contribution in [0.3, 0.4) is 0 Å². The van der Waals surface area contributed by atoms with Gasteiger partial charge in [0.1, 0.15) is 12.4 Å². The zero-order chi connectivity index (χ0) is 13.1. The predicted octanol–water partition coefficient (Wildman–Crippen LogP) is 0.965. The van der Waals surface area contributed by atoms with Gasteiger partial charge in [0.15, 0.2) is 0 Å². The van der Waals surface area contributed by atoms with Gasteiger partial charge in [-0.1, -0.05) is 12.1 Å². The summed E-state index contributed by atoms with van der Waals surface area (Å²) in [5.74, 6) is -0.959. The number of aryl methyl sites for hydroxylation is 1. The molecule has 1 heterocycles. The molecule has 6 heteroatoms. The monoisotopic (exact) mass is 249 g/mol. The number of nitrogens with zero attached hydrogens (tertiary/aromatic N) is 2. The molecule has 0 spiro atoms. The van der Waals surface area contributed by atoms with E-state index in [4.69, 9.17) is 0 Å². The van der Waals surface area contributed by atoms with E-state index in [2.05, 4.69) is 5.32 Å². The zero-order valence-electron chi connectivity index (χ0n) is 9.76. The van der Waals surface area contributed by atoms with Crippen molar-refractivity contribution in [2.75, 3.05) is 5.32 Å². The van der Waals surface area contributed by atoms with Gasteiger partial charge in [0.05, 0.1) is 5.69 Å². The standard InChI is InChI=1S/C12H12FN3O2/c1-15-6-7-16(12(15)18)8-11(17)14-10-5-3-2-4-9(10)13/h2-7H,8H2,1H3,(H,14,17). The van der Waals surface area contributed by atoms with Crippen molar-refractivity contribution in [3.63, 3.8) is 0 Å². The van der Waals surface area contributed by atoms with Gasteiger partial charge in [0, 0.05) is 19.4 Å². The number of hydrogen-bond donors (Lipinski definition) is 1. The third-order valence-corrected chi connectivity index (χ3v) is 2.48. The number of anilines is 1. The van der Waals surface area contributed by atoms with Crippen LogP contribution in [-0.2, 0) is 18.4 Å². The van der Waals surface area contributed by atoms with Gasteiger partial charge in [0.25, 0.3) is 0 Å². The molecule has 18 heavy (non-hydrogen) atoms. The molecule has 94 valence electrons. The lowest BCUT2D eigenvalue weighted by atomic mass is 10.3. The Kier molecular flexibility index (Phi) is 3.27. The van der Waals surface area contributed by atoms with Gasteiger partial charge in [-0.3, -0.25) is 9.36 Å². The van der Waals surface area contributed by atoms with Gasteiger partial charge >= 0.3 is 5.69 Å². The van der Waals surface area contributed by atoms with Crippen molar-refractivity contribution in [2.24, 2.45) is 7.05 Å². The van der Waals surface area contributed by atoms with Gasteiger partial charge in [-0.05, 0) is 12.1 Å². The summed E-state index contributed by atoms with van der Waals surface area (Å²) in [4.78, 5) is 23.1. The fourth-order valence-electron chi connectivity index (χ4n) is 1.54. The molecule has 0 saturated carbocycles. The van der Waals surface area contributed by atoms with E-state index in [0.717, 1.165) is 0 Å². The van der Waals surface area contributed by atoms with Crippen LogP contribution in [0.2, 0.25) is 0 Å². The van der Waals surface area contributed by atoms with Gasteiger partial charge in [0.2, 0.25) is 5.91 Å². The fourth-order valence-corrected chi connectivity index (χ4v) is 1.54. The highest BCUT2D eigenvalue weighted by molar-refractivity contribution is 5.90. The molecule has 0 aliphatic heterocycles. The van der Waals surface area contributed by atoms with E-state index in [9.17, 15) is 14.0 Å². The average molecular weight is 249 g/mol. The second-order valence-electron chi connectivity index (χ2n) is 3.85. The summed E-state index contributed by atoms with van der Waals surface area (Å²) < 4.78 is 15.9. The first-order valence-corrected chi connectivity index (χ1v) is 5.34. The number of imidazole rings is 1. The summed E-state index contributed by atoms with van der Waals surface area (Å²) in [5.41, 5.74) is -0.190. The van der Waals surface area contributed by atoms with Crippen molar-refractivity contribution in [3.05, 3.63) is 53.0 Å². The van der Waals surface area contributed by atoms with Crippen LogP contribution in [0.4, 0.5) is 10.1 Å². The van der Waals surface area contributed by atoms with Crippen LogP contribution in [0.25, 0.3) is 0 Å². The van der Waals surface area contributed by atoms with Crippen molar-refractivity contribution < 1.29 is 9.18 Å². The number of aromatic nitrogens is 2. The van der Waals surface area contributed by atoms with E-state index in [1.165, 1.54) is 33.5 Å². The Morgan fingerprint density at radius 1 is 1.33 bits per heavy atom. The van der Waals surface area contributed by atoms with Crippen LogP contribution < -0.4 is 11.0 Å². The normalized spacial score (nSPS) is 10.3. The number of para-hydroxylation sites is 1. The van der Waals surface area contributed by atoms with Gasteiger partial charge in [-0.25, -0.2) is 9.18 Å². The summed E-state index contributed by atoms with van der Waals surface area (Å²) >= 11 is 0. The Labute approximate surface area is 102 Å². The van der Waals surface area contributed by atoms with E-state index in [1.807, 2.05) is 0 Å². The molecule has 0 bridgehead atoms. The average Bonchev–Trinajstić information content (AvgIpc) is 2.64. The second-order valence-corrected chi connectivity index (χ2v) is 3.85. The van der Waals surface area contributed by atoms with Crippen LogP contribution in [0, 0.1) is 5.82 Å². The number of amides is 1. The third kappa shape index (κ3) is 2.48. The molecular weight excluding hydrogens is 237 g/mol. The molecule has 0 fully saturated rings. The number of nitrogens with one attached hydrogen (secondary N) is 1. The van der Waals surface area contributed by atoms with Crippen molar-refractivity contribution in [1.29, 1.82) is 0 Å². The summed E-state index contributed by atoms with van der Waals surface area (Å²) in [6.45, 7) is -0.145. The molecule has 1 N–H and O–H groups in total. The number of rotatable bonds is 3. The summed E-state index contributed by atoms with van der Waals surface area (Å²) in [6, 6.07) is 5.87. The number of benzene rings is 1. The number of hydrogen-bond acceptors (Lipinski definition) is 2. The lowest BCUT2D eigenvalue weighted by Crippen LogP contribution is -2.28. The first kappa shape index (κ1) is 12.1. The van der Waals surface area contributed by atoms with Crippen LogP contribution in [0.5, 0.6) is 0 Å². The molecule has 1 aromatic carbocycles. The van der Waals surface area contributed by atoms with Crippen LogP contribution in [-0.4, -0.2) is 15.0 Å². The van der Waals surface area contributed by atoms with Crippen LogP contribution >= 0.6 is 0 Å². The second kappa shape index (κ2) is 4.87. The molecule has 0 atom stereocenters. The highest BCUT2D eigenvalue weighted by Crippen LogP contribution is 2.11. The number of halogens is 1. The largest absolute Gasteiger partial charge is 0.328 e. The quantitative estimate of drug-likeness (QED) is 0.881. The van der Waals surface area contributed by atoms with Gasteiger partial charge < -0.3 is 9.88 Å². The van der Waals surface area contributed by atoms with Crippen molar-refractivity contribution in [2.45, 2.75) is 6.54 Å². The van der Waals surface area contributed by atoms with Crippen molar-refractivity contribution in [3.8, 4) is 0 Å². The Bertz CT molecular complexity index is 630. The molecule has 2 rings (SSSR count). The van der Waals surface area contributed by atoms with E-state index in [-0.39, 0.29) is 17.9 Å². The van der Waals surface area contributed by atoms with Crippen LogP contribution in [0.15, 0.2) is 41.5 Å². The van der Waals surface area contributed by atoms with E-state index < -0.39 is 11.7 Å². The smallest absolute Gasteiger partial charge is 0.322 e. The topological polar surface area (TPSA) is 56.0 Å². The predicted molar refractivity (Wildman–Crippen MR) is 64.7 cm³/mol. The minimum atomic E-state index is -0.508. The Hall–Kier alpha value is -2.37. The van der Waals surface area contributed by atoms with Gasteiger partial charge in [-0.2, -0.15) is 0 Å². The molecule has 0 radical (unpaired) electrons. The zero-order valence-corrected chi connectivity index (χ0v) is 9.76. The maximum Gasteiger partial charge on any atom is 0.328 e. The third-order valence-electron chi connectivity index (χ3n) is 2.48. The molecule has 0 aliphatic carbocycles. The Balaban J connectivity index is 2.08. The van der Waals surface area contributed by atoms with Gasteiger partial charge in [-0.15, -0.1) is 0 Å². The highest BCUT2D eigenvalue weighted by atomic mass is 19.1. The molecule has 1 amide bonds. The maximum absolute atomic E-state index is 13.3. The van der Waals surface area contributed by atoms with Crippen LogP contribution in [0.1, 0.15) is 0 Å². The molecule has 1 aromatic heterocycles. The SMILES string of the molecule is Cn1ccn(CC(=O)Nc2ccccc2F)c1=O. The minimum Gasteiger partial charge on any atom is -0.322 e. The number of carbonyl (C=O) groups is 1. The van der Waals surface area contributed by atoms with E-state index in [1.54, 1.807) is 19.3 Å². The lowest BCUT2D eigenvalue weighted by Gasteiger charge is -2.06. The molecule has 0 saturated heterocycles. The summed E-state index contributed by atoms with van der Waals surface area (Å²) in [6.07, 6.45) is 3.06. The molecule has 0 aliphatic rings. The lowest BCUT2D eigenvalue weighted by molar-refractivity contribution is -0.116. The fraction of sp³-hybridized carbons (Fsp3) is 0.167. The number of carbonyl (C=O) groups excluding carboxylic acids is 1. The minimum absolute atomic E-state index is 0.103. The summed E-state index contributed by atoms with van der Waals surface area (Å²) in [5, 5.41) is 2.41. The van der Waals surface area contributed by atoms with Crippen molar-refractivity contribution >= 4 is 11.6 Å². The molecule has 0 unspecified atom stereocenters. The first-order valence-electron chi connectivity index (χ1n) is 5.34. The van der Waals surface area contributed by atoms with E-state index in [0.29, 0.717) is 0 Å². The Morgan fingerprint density at radius 2 is 2.06 bits per heavy atom. The molecule has 2 aromatic rings. The molecule has 5 nitrogen and oxygen atoms in total. The van der Waals surface area contributed by atoms with E-state index >= 15 is 0 Å². The Morgan fingerprint density at radius 3 is 2.67 bits per heavy atom. The molecular formula is C12H12FN3O2. The summed E-state index contributed by atoms with van der Waals surface area (Å²) in [7, 11) is 1.59. The highest BCUT2D eigenvalue weighted by Gasteiger charge is 2.08. The van der Waals surface area contributed by atoms with Crippen molar-refractivity contribution in [1.82, 2.24) is 9.13 Å². The first-order chi connectivity index (χ1) is 8.58.